The number of rotatable bonds is 2. The Bertz CT molecular complexity index is 367. The lowest BCUT2D eigenvalue weighted by molar-refractivity contribution is -0.143. The Kier molecular flexibility index (Phi) is 3.69. The summed E-state index contributed by atoms with van der Waals surface area (Å²) in [6.45, 7) is 2.85. The first kappa shape index (κ1) is 13.9. The molecule has 0 amide bonds. The third-order valence-electron chi connectivity index (χ3n) is 5.52. The Labute approximate surface area is 120 Å². The highest BCUT2D eigenvalue weighted by molar-refractivity contribution is 7.99. The maximum Gasteiger partial charge on any atom is 0.143 e. The molecule has 1 saturated carbocycles. The molecule has 0 radical (unpaired) electrons. The van der Waals surface area contributed by atoms with Gasteiger partial charge in [-0.1, -0.05) is 13.3 Å². The van der Waals surface area contributed by atoms with Crippen molar-refractivity contribution in [2.24, 2.45) is 17.1 Å². The van der Waals surface area contributed by atoms with E-state index < -0.39 is 0 Å². The number of ketones is 1. The van der Waals surface area contributed by atoms with Gasteiger partial charge in [0.15, 0.2) is 0 Å². The molecule has 2 heterocycles. The summed E-state index contributed by atoms with van der Waals surface area (Å²) in [5.41, 5.74) is 5.94. The second kappa shape index (κ2) is 5.05. The quantitative estimate of drug-likeness (QED) is 0.845. The molecule has 0 aromatic carbocycles. The van der Waals surface area contributed by atoms with Crippen molar-refractivity contribution in [2.45, 2.75) is 57.1 Å². The Balaban J connectivity index is 1.73. The molecule has 0 bridgehead atoms. The summed E-state index contributed by atoms with van der Waals surface area (Å²) in [6.07, 6.45) is 6.03. The predicted octanol–water partition coefficient (Wildman–Crippen LogP) is 2.38. The highest BCUT2D eigenvalue weighted by atomic mass is 32.2. The zero-order valence-corrected chi connectivity index (χ0v) is 12.6. The fourth-order valence-electron chi connectivity index (χ4n) is 4.08. The van der Waals surface area contributed by atoms with Gasteiger partial charge in [0.05, 0.1) is 5.60 Å². The molecule has 3 nitrogen and oxygen atoms in total. The van der Waals surface area contributed by atoms with E-state index in [0.29, 0.717) is 5.78 Å². The van der Waals surface area contributed by atoms with Crippen LogP contribution in [0.15, 0.2) is 0 Å². The molecule has 3 aliphatic rings. The standard InChI is InChI=1S/C15H25NO2S/c1-14(5-2-3-12(14)16)13(17)11-4-7-18-15(9-11)6-8-19-10-15/h11-12H,2-10,16H2,1H3. The molecule has 0 aromatic heterocycles. The summed E-state index contributed by atoms with van der Waals surface area (Å²) in [5, 5.41) is 0. The molecule has 4 atom stereocenters. The topological polar surface area (TPSA) is 52.3 Å². The van der Waals surface area contributed by atoms with Crippen LogP contribution in [0.2, 0.25) is 0 Å². The molecule has 1 spiro atoms. The van der Waals surface area contributed by atoms with Crippen molar-refractivity contribution < 1.29 is 9.53 Å². The van der Waals surface area contributed by atoms with E-state index in [1.54, 1.807) is 0 Å². The molecular formula is C15H25NO2S. The zero-order valence-electron chi connectivity index (χ0n) is 11.8. The van der Waals surface area contributed by atoms with E-state index in [1.807, 2.05) is 11.8 Å². The van der Waals surface area contributed by atoms with E-state index in [9.17, 15) is 4.79 Å². The summed E-state index contributed by atoms with van der Waals surface area (Å²) in [6, 6.07) is 0.0664. The van der Waals surface area contributed by atoms with Gasteiger partial charge in [-0.3, -0.25) is 4.79 Å². The average molecular weight is 283 g/mol. The minimum absolute atomic E-state index is 0.00228. The van der Waals surface area contributed by atoms with E-state index in [2.05, 4.69) is 6.92 Å². The lowest BCUT2D eigenvalue weighted by atomic mass is 9.71. The van der Waals surface area contributed by atoms with Gasteiger partial charge in [-0.05, 0) is 37.9 Å². The first-order chi connectivity index (χ1) is 9.06. The molecule has 1 aliphatic carbocycles. The lowest BCUT2D eigenvalue weighted by Crippen LogP contribution is -2.49. The van der Waals surface area contributed by atoms with Crippen LogP contribution < -0.4 is 5.73 Å². The van der Waals surface area contributed by atoms with Crippen LogP contribution in [0.4, 0.5) is 0 Å². The highest BCUT2D eigenvalue weighted by Gasteiger charge is 2.49. The number of nitrogens with two attached hydrogens (primary N) is 1. The van der Waals surface area contributed by atoms with Gasteiger partial charge in [0.25, 0.3) is 0 Å². The number of ether oxygens (including phenoxy) is 1. The largest absolute Gasteiger partial charge is 0.374 e. The van der Waals surface area contributed by atoms with E-state index >= 15 is 0 Å². The Hall–Kier alpha value is -0.0600. The Morgan fingerprint density at radius 1 is 1.37 bits per heavy atom. The monoisotopic (exact) mass is 283 g/mol. The fourth-order valence-corrected chi connectivity index (χ4v) is 5.46. The van der Waals surface area contributed by atoms with Crippen LogP contribution in [-0.2, 0) is 9.53 Å². The maximum absolute atomic E-state index is 12.9. The zero-order chi connectivity index (χ0) is 13.5. The van der Waals surface area contributed by atoms with Gasteiger partial charge in [0, 0.05) is 29.7 Å². The van der Waals surface area contributed by atoms with Crippen LogP contribution in [0, 0.1) is 11.3 Å². The summed E-state index contributed by atoms with van der Waals surface area (Å²) in [4.78, 5) is 12.9. The number of carbonyl (C=O) groups is 1. The molecular weight excluding hydrogens is 258 g/mol. The second-order valence-electron chi connectivity index (χ2n) is 6.80. The van der Waals surface area contributed by atoms with Gasteiger partial charge in [0.2, 0.25) is 0 Å². The average Bonchev–Trinajstić information content (AvgIpc) is 2.98. The van der Waals surface area contributed by atoms with Crippen molar-refractivity contribution in [1.82, 2.24) is 0 Å². The first-order valence-corrected chi connectivity index (χ1v) is 8.73. The fraction of sp³-hybridized carbons (Fsp3) is 0.933. The molecule has 4 unspecified atom stereocenters. The van der Waals surface area contributed by atoms with Crippen LogP contribution in [0.1, 0.15) is 45.4 Å². The molecule has 3 fully saturated rings. The second-order valence-corrected chi connectivity index (χ2v) is 7.91. The maximum atomic E-state index is 12.9. The predicted molar refractivity (Wildman–Crippen MR) is 78.3 cm³/mol. The molecule has 2 N–H and O–H groups in total. The SMILES string of the molecule is CC1(C(=O)C2CCOC3(CCSC3)C2)CCCC1N. The van der Waals surface area contributed by atoms with Crippen molar-refractivity contribution >= 4 is 17.5 Å². The van der Waals surface area contributed by atoms with E-state index in [-0.39, 0.29) is 23.0 Å². The minimum Gasteiger partial charge on any atom is -0.374 e. The van der Waals surface area contributed by atoms with Crippen molar-refractivity contribution in [3.05, 3.63) is 0 Å². The minimum atomic E-state index is -0.269. The normalized spacial score (nSPS) is 46.8. The summed E-state index contributed by atoms with van der Waals surface area (Å²) >= 11 is 1.96. The molecule has 19 heavy (non-hydrogen) atoms. The van der Waals surface area contributed by atoms with E-state index in [4.69, 9.17) is 10.5 Å². The molecule has 108 valence electrons. The van der Waals surface area contributed by atoms with Crippen molar-refractivity contribution in [2.75, 3.05) is 18.1 Å². The number of thioether (sulfide) groups is 1. The van der Waals surface area contributed by atoms with Crippen LogP contribution in [0.25, 0.3) is 0 Å². The highest BCUT2D eigenvalue weighted by Crippen LogP contribution is 2.45. The van der Waals surface area contributed by atoms with Crippen LogP contribution in [0.3, 0.4) is 0 Å². The van der Waals surface area contributed by atoms with Crippen LogP contribution in [-0.4, -0.2) is 35.5 Å². The molecule has 0 aromatic rings. The smallest absolute Gasteiger partial charge is 0.143 e. The van der Waals surface area contributed by atoms with Crippen LogP contribution in [0.5, 0.6) is 0 Å². The number of hydrogen-bond acceptors (Lipinski definition) is 4. The third-order valence-corrected chi connectivity index (χ3v) is 6.75. The number of Topliss-reactive ketones (excluding diaryl/α,β-unsaturated/α-hetero) is 1. The lowest BCUT2D eigenvalue weighted by Gasteiger charge is -2.40. The van der Waals surface area contributed by atoms with E-state index in [1.165, 1.54) is 5.75 Å². The van der Waals surface area contributed by atoms with Gasteiger partial charge in [0.1, 0.15) is 5.78 Å². The number of carbonyl (C=O) groups excluding carboxylic acids is 1. The van der Waals surface area contributed by atoms with Gasteiger partial charge in [-0.2, -0.15) is 11.8 Å². The summed E-state index contributed by atoms with van der Waals surface area (Å²) in [5.74, 6) is 2.86. The van der Waals surface area contributed by atoms with Gasteiger partial charge in [-0.15, -0.1) is 0 Å². The van der Waals surface area contributed by atoms with Crippen molar-refractivity contribution in [3.63, 3.8) is 0 Å². The molecule has 4 heteroatoms. The molecule has 3 rings (SSSR count). The first-order valence-electron chi connectivity index (χ1n) is 7.57. The van der Waals surface area contributed by atoms with Gasteiger partial charge < -0.3 is 10.5 Å². The van der Waals surface area contributed by atoms with E-state index in [0.717, 1.165) is 50.9 Å². The Morgan fingerprint density at radius 3 is 2.84 bits per heavy atom. The van der Waals surface area contributed by atoms with Gasteiger partial charge >= 0.3 is 0 Å². The molecule has 2 aliphatic heterocycles. The van der Waals surface area contributed by atoms with Gasteiger partial charge in [-0.25, -0.2) is 0 Å². The summed E-state index contributed by atoms with van der Waals surface area (Å²) in [7, 11) is 0. The van der Waals surface area contributed by atoms with Crippen LogP contribution >= 0.6 is 11.8 Å². The Morgan fingerprint density at radius 2 is 2.21 bits per heavy atom. The number of hydrogen-bond donors (Lipinski definition) is 1. The van der Waals surface area contributed by atoms with Crippen molar-refractivity contribution in [3.8, 4) is 0 Å². The third kappa shape index (κ3) is 2.36. The summed E-state index contributed by atoms with van der Waals surface area (Å²) < 4.78 is 6.02. The van der Waals surface area contributed by atoms with Crippen molar-refractivity contribution in [1.29, 1.82) is 0 Å². The molecule has 2 saturated heterocycles.